The fourth-order valence-corrected chi connectivity index (χ4v) is 2.16. The van der Waals surface area contributed by atoms with E-state index in [0.29, 0.717) is 19.0 Å². The minimum Gasteiger partial charge on any atom is -0.395 e. The summed E-state index contributed by atoms with van der Waals surface area (Å²) in [7, 11) is 0. The van der Waals surface area contributed by atoms with E-state index >= 15 is 0 Å². The van der Waals surface area contributed by atoms with Gasteiger partial charge in [0, 0.05) is 25.5 Å². The van der Waals surface area contributed by atoms with E-state index in [0.717, 1.165) is 17.3 Å². The van der Waals surface area contributed by atoms with E-state index in [9.17, 15) is 4.79 Å². The SMILES string of the molecule is O=C1[C@@H](Nc2ncc(Br)cn2)CCCN1CCO. The molecule has 2 heterocycles. The van der Waals surface area contributed by atoms with Gasteiger partial charge in [-0.25, -0.2) is 9.97 Å². The molecule has 1 aromatic heterocycles. The molecule has 1 aliphatic rings. The molecule has 1 aliphatic heterocycles. The lowest BCUT2D eigenvalue weighted by atomic mass is 10.1. The number of aromatic nitrogens is 2. The number of amides is 1. The molecular weight excluding hydrogens is 300 g/mol. The van der Waals surface area contributed by atoms with Crippen molar-refractivity contribution in [1.29, 1.82) is 0 Å². The van der Waals surface area contributed by atoms with Gasteiger partial charge in [0.1, 0.15) is 6.04 Å². The van der Waals surface area contributed by atoms with Crippen molar-refractivity contribution < 1.29 is 9.90 Å². The molecule has 2 rings (SSSR count). The number of β-amino-alcohol motifs (C(OH)–C–C–N with tert-alkyl or cyclic N) is 1. The van der Waals surface area contributed by atoms with Crippen molar-refractivity contribution in [2.75, 3.05) is 25.0 Å². The molecule has 0 saturated carbocycles. The van der Waals surface area contributed by atoms with Crippen LogP contribution in [0.1, 0.15) is 12.8 Å². The number of carbonyl (C=O) groups excluding carboxylic acids is 1. The van der Waals surface area contributed by atoms with Gasteiger partial charge in [-0.2, -0.15) is 0 Å². The summed E-state index contributed by atoms with van der Waals surface area (Å²) in [4.78, 5) is 21.9. The second-order valence-corrected chi connectivity index (χ2v) is 5.03. The van der Waals surface area contributed by atoms with Crippen LogP contribution in [0.25, 0.3) is 0 Å². The van der Waals surface area contributed by atoms with Crippen LogP contribution in [0.3, 0.4) is 0 Å². The molecule has 0 spiro atoms. The highest BCUT2D eigenvalue weighted by molar-refractivity contribution is 9.10. The van der Waals surface area contributed by atoms with Gasteiger partial charge in [0.25, 0.3) is 0 Å². The predicted octanol–water partition coefficient (Wildman–Crippen LogP) is 0.634. The van der Waals surface area contributed by atoms with Crippen molar-refractivity contribution >= 4 is 27.8 Å². The van der Waals surface area contributed by atoms with Crippen LogP contribution in [0, 0.1) is 0 Å². The van der Waals surface area contributed by atoms with Gasteiger partial charge >= 0.3 is 0 Å². The minimum absolute atomic E-state index is 0.00168. The Morgan fingerprint density at radius 3 is 2.89 bits per heavy atom. The summed E-state index contributed by atoms with van der Waals surface area (Å²) in [5.74, 6) is 0.448. The Hall–Kier alpha value is -1.21. The van der Waals surface area contributed by atoms with E-state index in [2.05, 4.69) is 31.2 Å². The molecule has 1 atom stereocenters. The lowest BCUT2D eigenvalue weighted by Crippen LogP contribution is -2.48. The number of nitrogens with one attached hydrogen (secondary N) is 1. The largest absolute Gasteiger partial charge is 0.395 e. The summed E-state index contributed by atoms with van der Waals surface area (Å²) in [6, 6.07) is -0.300. The number of hydrogen-bond donors (Lipinski definition) is 2. The topological polar surface area (TPSA) is 78.4 Å². The molecule has 6 nitrogen and oxygen atoms in total. The quantitative estimate of drug-likeness (QED) is 0.852. The average Bonchev–Trinajstić information content (AvgIpc) is 2.37. The van der Waals surface area contributed by atoms with Crippen molar-refractivity contribution in [3.63, 3.8) is 0 Å². The molecule has 0 radical (unpaired) electrons. The van der Waals surface area contributed by atoms with E-state index in [1.165, 1.54) is 0 Å². The molecule has 98 valence electrons. The second kappa shape index (κ2) is 6.10. The van der Waals surface area contributed by atoms with Crippen molar-refractivity contribution in [1.82, 2.24) is 14.9 Å². The molecule has 0 aliphatic carbocycles. The van der Waals surface area contributed by atoms with Crippen molar-refractivity contribution in [3.05, 3.63) is 16.9 Å². The van der Waals surface area contributed by atoms with E-state index in [-0.39, 0.29) is 18.6 Å². The summed E-state index contributed by atoms with van der Waals surface area (Å²) in [5.41, 5.74) is 0. The zero-order valence-corrected chi connectivity index (χ0v) is 11.4. The number of halogens is 1. The van der Waals surface area contributed by atoms with Crippen molar-refractivity contribution in [2.45, 2.75) is 18.9 Å². The highest BCUT2D eigenvalue weighted by atomic mass is 79.9. The average molecular weight is 315 g/mol. The van der Waals surface area contributed by atoms with Gasteiger partial charge in [0.15, 0.2) is 0 Å². The van der Waals surface area contributed by atoms with Crippen LogP contribution in [0.2, 0.25) is 0 Å². The van der Waals surface area contributed by atoms with Gasteiger partial charge in [-0.15, -0.1) is 0 Å². The minimum atomic E-state index is -0.300. The third-order valence-corrected chi connectivity index (χ3v) is 3.23. The number of rotatable bonds is 4. The van der Waals surface area contributed by atoms with Crippen LogP contribution >= 0.6 is 15.9 Å². The van der Waals surface area contributed by atoms with E-state index in [1.54, 1.807) is 17.3 Å². The maximum absolute atomic E-state index is 12.1. The van der Waals surface area contributed by atoms with Gasteiger partial charge in [0.05, 0.1) is 11.1 Å². The smallest absolute Gasteiger partial charge is 0.245 e. The standard InChI is InChI=1S/C11H15BrN4O2/c12-8-6-13-11(14-7-8)15-9-2-1-3-16(4-5-17)10(9)18/h6-7,9,17H,1-5H2,(H,13,14,15)/t9-/m0/s1. The first kappa shape index (κ1) is 13.2. The maximum Gasteiger partial charge on any atom is 0.245 e. The Labute approximate surface area is 114 Å². The summed E-state index contributed by atoms with van der Waals surface area (Å²) in [6.07, 6.45) is 4.95. The van der Waals surface area contributed by atoms with Crippen LogP contribution in [0.15, 0.2) is 16.9 Å². The Morgan fingerprint density at radius 1 is 1.50 bits per heavy atom. The molecular formula is C11H15BrN4O2. The van der Waals surface area contributed by atoms with Crippen LogP contribution in [0.4, 0.5) is 5.95 Å². The van der Waals surface area contributed by atoms with Crippen molar-refractivity contribution in [3.8, 4) is 0 Å². The fourth-order valence-electron chi connectivity index (χ4n) is 1.96. The highest BCUT2D eigenvalue weighted by Crippen LogP contribution is 2.15. The molecule has 7 heteroatoms. The fraction of sp³-hybridized carbons (Fsp3) is 0.545. The number of anilines is 1. The Kier molecular flexibility index (Phi) is 4.48. The van der Waals surface area contributed by atoms with E-state index in [4.69, 9.17) is 5.11 Å². The number of nitrogens with zero attached hydrogens (tertiary/aromatic N) is 3. The van der Waals surface area contributed by atoms with Gasteiger partial charge in [0.2, 0.25) is 11.9 Å². The van der Waals surface area contributed by atoms with Crippen LogP contribution in [-0.4, -0.2) is 51.6 Å². The number of carbonyl (C=O) groups is 1. The maximum atomic E-state index is 12.1. The molecule has 0 aromatic carbocycles. The lowest BCUT2D eigenvalue weighted by molar-refractivity contribution is -0.134. The number of hydrogen-bond acceptors (Lipinski definition) is 5. The van der Waals surface area contributed by atoms with Gasteiger partial charge in [-0.3, -0.25) is 4.79 Å². The first-order valence-electron chi connectivity index (χ1n) is 5.84. The summed E-state index contributed by atoms with van der Waals surface area (Å²) in [5, 5.41) is 11.9. The summed E-state index contributed by atoms with van der Waals surface area (Å²) in [6.45, 7) is 1.09. The Bertz CT molecular complexity index is 410. The molecule has 1 saturated heterocycles. The molecule has 1 fully saturated rings. The third kappa shape index (κ3) is 3.17. The van der Waals surface area contributed by atoms with Crippen LogP contribution in [0.5, 0.6) is 0 Å². The molecule has 1 aromatic rings. The first-order valence-corrected chi connectivity index (χ1v) is 6.63. The zero-order valence-electron chi connectivity index (χ0n) is 9.84. The first-order chi connectivity index (χ1) is 8.70. The number of piperidine rings is 1. The number of likely N-dealkylation sites (tertiary alicyclic amines) is 1. The van der Waals surface area contributed by atoms with E-state index < -0.39 is 0 Å². The monoisotopic (exact) mass is 314 g/mol. The third-order valence-electron chi connectivity index (χ3n) is 2.82. The molecule has 1 amide bonds. The van der Waals surface area contributed by atoms with Crippen LogP contribution < -0.4 is 5.32 Å². The van der Waals surface area contributed by atoms with Crippen LogP contribution in [-0.2, 0) is 4.79 Å². The lowest BCUT2D eigenvalue weighted by Gasteiger charge is -2.32. The molecule has 0 bridgehead atoms. The number of aliphatic hydroxyl groups excluding tert-OH is 1. The molecule has 18 heavy (non-hydrogen) atoms. The highest BCUT2D eigenvalue weighted by Gasteiger charge is 2.28. The Morgan fingerprint density at radius 2 is 2.22 bits per heavy atom. The molecule has 0 unspecified atom stereocenters. The van der Waals surface area contributed by atoms with Gasteiger partial charge in [-0.05, 0) is 28.8 Å². The zero-order chi connectivity index (χ0) is 13.0. The normalized spacial score (nSPS) is 20.0. The second-order valence-electron chi connectivity index (χ2n) is 4.11. The van der Waals surface area contributed by atoms with Gasteiger partial charge in [-0.1, -0.05) is 0 Å². The van der Waals surface area contributed by atoms with Crippen molar-refractivity contribution in [2.24, 2.45) is 0 Å². The molecule has 2 N–H and O–H groups in total. The van der Waals surface area contributed by atoms with Gasteiger partial charge < -0.3 is 15.3 Å². The summed E-state index contributed by atoms with van der Waals surface area (Å²) < 4.78 is 0.796. The Balaban J connectivity index is 2.00. The predicted molar refractivity (Wildman–Crippen MR) is 70.0 cm³/mol. The van der Waals surface area contributed by atoms with E-state index in [1.807, 2.05) is 0 Å². The summed E-state index contributed by atoms with van der Waals surface area (Å²) >= 11 is 3.26. The number of aliphatic hydroxyl groups is 1.